The van der Waals surface area contributed by atoms with E-state index in [0.717, 1.165) is 23.8 Å². The van der Waals surface area contributed by atoms with Gasteiger partial charge in [-0.3, -0.25) is 9.36 Å². The third-order valence-electron chi connectivity index (χ3n) is 6.36. The fourth-order valence-corrected chi connectivity index (χ4v) is 4.25. The van der Waals surface area contributed by atoms with E-state index in [1.807, 2.05) is 0 Å². The third-order valence-corrected chi connectivity index (χ3v) is 6.36. The molecule has 0 bridgehead atoms. The minimum atomic E-state index is -1.35. The molecule has 0 aromatic carbocycles. The molecule has 0 unspecified atom stereocenters. The lowest BCUT2D eigenvalue weighted by Gasteiger charge is -2.16. The number of aliphatic hydroxyl groups excluding tert-OH is 2. The molecule has 194 valence electrons. The first-order valence-corrected chi connectivity index (χ1v) is 13.0. The van der Waals surface area contributed by atoms with Gasteiger partial charge in [0.25, 0.3) is 0 Å². The molecule has 2 rings (SSSR count). The largest absolute Gasteiger partial charge is 0.463 e. The maximum absolute atomic E-state index is 12.0. The average Bonchev–Trinajstić information content (AvgIpc) is 3.09. The zero-order chi connectivity index (χ0) is 24.8. The fraction of sp³-hybridized carbons (Fsp3) is 0.800. The monoisotopic (exact) mass is 481 g/mol. The number of esters is 1. The molecule has 1 aliphatic rings. The Bertz CT molecular complexity index is 771. The first-order chi connectivity index (χ1) is 16.4. The van der Waals surface area contributed by atoms with Crippen LogP contribution in [0.1, 0.15) is 103 Å². The Hall–Kier alpha value is -1.97. The minimum Gasteiger partial charge on any atom is -0.463 e. The van der Waals surface area contributed by atoms with E-state index < -0.39 is 30.2 Å². The summed E-state index contributed by atoms with van der Waals surface area (Å²) >= 11 is 0. The lowest BCUT2D eigenvalue weighted by atomic mass is 10.0. The predicted molar refractivity (Wildman–Crippen MR) is 130 cm³/mol. The molecule has 9 heteroatoms. The molecular weight excluding hydrogens is 438 g/mol. The summed E-state index contributed by atoms with van der Waals surface area (Å²) in [7, 11) is 0. The molecule has 0 amide bonds. The van der Waals surface area contributed by atoms with Gasteiger partial charge in [-0.05, 0) is 12.5 Å². The van der Waals surface area contributed by atoms with Crippen molar-refractivity contribution in [1.82, 2.24) is 9.55 Å². The highest BCUT2D eigenvalue weighted by atomic mass is 16.6. The van der Waals surface area contributed by atoms with E-state index in [4.69, 9.17) is 15.2 Å². The zero-order valence-electron chi connectivity index (χ0n) is 20.6. The summed E-state index contributed by atoms with van der Waals surface area (Å²) in [5.74, 6) is -0.309. The van der Waals surface area contributed by atoms with Gasteiger partial charge in [0.05, 0.1) is 0 Å². The highest BCUT2D eigenvalue weighted by Gasteiger charge is 2.44. The van der Waals surface area contributed by atoms with Crippen molar-refractivity contribution in [3.8, 4) is 0 Å². The Balaban J connectivity index is 1.52. The highest BCUT2D eigenvalue weighted by Crippen LogP contribution is 2.28. The molecule has 0 spiro atoms. The quantitative estimate of drug-likeness (QED) is 0.227. The summed E-state index contributed by atoms with van der Waals surface area (Å²) in [5, 5.41) is 20.5. The van der Waals surface area contributed by atoms with Crippen molar-refractivity contribution in [1.29, 1.82) is 0 Å². The maximum atomic E-state index is 12.0. The Morgan fingerprint density at radius 1 is 1.00 bits per heavy atom. The number of unbranched alkanes of at least 4 members (excludes halogenated alkanes) is 12. The van der Waals surface area contributed by atoms with Crippen LogP contribution < -0.4 is 11.4 Å². The molecule has 1 saturated heterocycles. The van der Waals surface area contributed by atoms with Gasteiger partial charge in [0, 0.05) is 12.6 Å². The number of nitrogens with zero attached hydrogens (tertiary/aromatic N) is 2. The van der Waals surface area contributed by atoms with E-state index in [1.54, 1.807) is 0 Å². The van der Waals surface area contributed by atoms with E-state index in [2.05, 4.69) is 11.9 Å². The molecule has 4 atom stereocenters. The van der Waals surface area contributed by atoms with Crippen LogP contribution in [0.2, 0.25) is 0 Å². The SMILES string of the molecule is CCCCCCCCCCCCCCCC(=O)OC[C@@H]1O[C@@H](n2ccc(N)nc2=O)[C@@H](O)[C@H]1O. The van der Waals surface area contributed by atoms with Gasteiger partial charge in [0.2, 0.25) is 0 Å². The Kier molecular flexibility index (Phi) is 13.2. The smallest absolute Gasteiger partial charge is 0.351 e. The molecule has 0 aliphatic carbocycles. The van der Waals surface area contributed by atoms with Crippen molar-refractivity contribution in [3.63, 3.8) is 0 Å². The number of rotatable bonds is 17. The van der Waals surface area contributed by atoms with Crippen LogP contribution >= 0.6 is 0 Å². The molecule has 1 aromatic heterocycles. The number of aliphatic hydroxyl groups is 2. The van der Waals surface area contributed by atoms with Crippen LogP contribution in [0.5, 0.6) is 0 Å². The summed E-state index contributed by atoms with van der Waals surface area (Å²) in [6.07, 6.45) is 13.0. The van der Waals surface area contributed by atoms with Gasteiger partial charge in [0.1, 0.15) is 30.7 Å². The molecule has 1 aliphatic heterocycles. The topological polar surface area (TPSA) is 137 Å². The summed E-state index contributed by atoms with van der Waals surface area (Å²) in [6, 6.07) is 1.40. The first-order valence-electron chi connectivity index (χ1n) is 13.0. The number of anilines is 1. The van der Waals surface area contributed by atoms with E-state index in [0.29, 0.717) is 6.42 Å². The zero-order valence-corrected chi connectivity index (χ0v) is 20.6. The maximum Gasteiger partial charge on any atom is 0.351 e. The van der Waals surface area contributed by atoms with Crippen molar-refractivity contribution in [3.05, 3.63) is 22.7 Å². The second kappa shape index (κ2) is 15.8. The number of carbonyl (C=O) groups excluding carboxylic acids is 1. The van der Waals surface area contributed by atoms with Crippen LogP contribution in [0.15, 0.2) is 17.1 Å². The summed E-state index contributed by atoms with van der Waals surface area (Å²) in [4.78, 5) is 27.6. The van der Waals surface area contributed by atoms with Crippen LogP contribution in [0.25, 0.3) is 0 Å². The lowest BCUT2D eigenvalue weighted by molar-refractivity contribution is -0.150. The Labute approximate surface area is 202 Å². The third kappa shape index (κ3) is 9.72. The van der Waals surface area contributed by atoms with Crippen LogP contribution in [0.4, 0.5) is 5.82 Å². The molecular formula is C25H43N3O6. The number of ether oxygens (including phenoxy) is 2. The number of nitrogen functional groups attached to an aromatic ring is 1. The second-order valence-electron chi connectivity index (χ2n) is 9.26. The minimum absolute atomic E-state index is 0.0490. The highest BCUT2D eigenvalue weighted by molar-refractivity contribution is 5.69. The molecule has 2 heterocycles. The van der Waals surface area contributed by atoms with Gasteiger partial charge in [-0.1, -0.05) is 84.0 Å². The van der Waals surface area contributed by atoms with E-state index >= 15 is 0 Å². The van der Waals surface area contributed by atoms with Gasteiger partial charge in [-0.2, -0.15) is 4.98 Å². The van der Waals surface area contributed by atoms with Crippen molar-refractivity contribution in [2.75, 3.05) is 12.3 Å². The first kappa shape index (κ1) is 28.3. The number of hydrogen-bond donors (Lipinski definition) is 3. The molecule has 4 N–H and O–H groups in total. The Morgan fingerprint density at radius 2 is 1.56 bits per heavy atom. The lowest BCUT2D eigenvalue weighted by Crippen LogP contribution is -2.36. The average molecular weight is 482 g/mol. The van der Waals surface area contributed by atoms with Crippen molar-refractivity contribution in [2.24, 2.45) is 0 Å². The molecule has 0 saturated carbocycles. The molecule has 1 aromatic rings. The molecule has 9 nitrogen and oxygen atoms in total. The van der Waals surface area contributed by atoms with Crippen molar-refractivity contribution >= 4 is 11.8 Å². The van der Waals surface area contributed by atoms with Gasteiger partial charge < -0.3 is 25.4 Å². The summed E-state index contributed by atoms with van der Waals surface area (Å²) < 4.78 is 11.9. The Morgan fingerprint density at radius 3 is 2.12 bits per heavy atom. The van der Waals surface area contributed by atoms with Crippen molar-refractivity contribution < 1.29 is 24.5 Å². The van der Waals surface area contributed by atoms with E-state index in [9.17, 15) is 19.8 Å². The van der Waals surface area contributed by atoms with Crippen molar-refractivity contribution in [2.45, 2.75) is 121 Å². The molecule has 34 heavy (non-hydrogen) atoms. The molecule has 1 fully saturated rings. The van der Waals surface area contributed by atoms with Crippen LogP contribution in [-0.2, 0) is 14.3 Å². The van der Waals surface area contributed by atoms with E-state index in [-0.39, 0.29) is 18.4 Å². The van der Waals surface area contributed by atoms with Gasteiger partial charge in [0.15, 0.2) is 6.23 Å². The van der Waals surface area contributed by atoms with Gasteiger partial charge >= 0.3 is 11.7 Å². The standard InChI is InChI=1S/C25H43N3O6/c1-2-3-4-5-6-7-8-9-10-11-12-13-14-15-21(29)33-18-19-22(30)23(31)24(34-19)28-17-16-20(26)27-25(28)32/h16-17,19,22-24,30-31H,2-15,18H2,1H3,(H2,26,27,32)/t19-,22-,23-,24+/m0/s1. The van der Waals surface area contributed by atoms with Crippen LogP contribution in [-0.4, -0.2) is 50.7 Å². The summed E-state index contributed by atoms with van der Waals surface area (Å²) in [6.45, 7) is 2.05. The van der Waals surface area contributed by atoms with Crippen LogP contribution in [0, 0.1) is 0 Å². The fourth-order valence-electron chi connectivity index (χ4n) is 4.25. The molecule has 0 radical (unpaired) electrons. The van der Waals surface area contributed by atoms with E-state index in [1.165, 1.54) is 76.5 Å². The van der Waals surface area contributed by atoms with Gasteiger partial charge in [-0.15, -0.1) is 0 Å². The number of aromatic nitrogens is 2. The number of carbonyl (C=O) groups is 1. The predicted octanol–water partition coefficient (Wildman–Crippen LogP) is 3.47. The summed E-state index contributed by atoms with van der Waals surface area (Å²) in [5.41, 5.74) is 4.77. The number of hydrogen-bond acceptors (Lipinski definition) is 8. The van der Waals surface area contributed by atoms with Crippen LogP contribution in [0.3, 0.4) is 0 Å². The second-order valence-corrected chi connectivity index (χ2v) is 9.26. The van der Waals surface area contributed by atoms with Gasteiger partial charge in [-0.25, -0.2) is 4.79 Å². The normalized spacial score (nSPS) is 22.2. The number of nitrogens with two attached hydrogens (primary N) is 1.